The van der Waals surface area contributed by atoms with Crippen molar-refractivity contribution in [1.29, 1.82) is 0 Å². The molecule has 0 fully saturated rings. The van der Waals surface area contributed by atoms with Gasteiger partial charge in [-0.1, -0.05) is 31.2 Å². The highest BCUT2D eigenvalue weighted by Gasteiger charge is 2.03. The number of nitrogens with one attached hydrogen (secondary N) is 1. The monoisotopic (exact) mass is 299 g/mol. The van der Waals surface area contributed by atoms with Crippen molar-refractivity contribution in [3.8, 4) is 11.5 Å². The molecule has 0 aliphatic carbocycles. The van der Waals surface area contributed by atoms with E-state index in [1.807, 2.05) is 36.4 Å². The van der Waals surface area contributed by atoms with Crippen LogP contribution in [-0.4, -0.2) is 24.2 Å². The molecular formula is C18H21NO3. The predicted molar refractivity (Wildman–Crippen MR) is 86.1 cm³/mol. The largest absolute Gasteiger partial charge is 0.508 e. The fourth-order valence-electron chi connectivity index (χ4n) is 2.03. The quantitative estimate of drug-likeness (QED) is 0.826. The van der Waals surface area contributed by atoms with Gasteiger partial charge in [0.1, 0.15) is 11.5 Å². The number of hydrogen-bond donors (Lipinski definition) is 2. The Kier molecular flexibility index (Phi) is 5.83. The van der Waals surface area contributed by atoms with E-state index in [-0.39, 0.29) is 18.3 Å². The molecule has 0 radical (unpaired) electrons. The van der Waals surface area contributed by atoms with E-state index in [0.29, 0.717) is 12.3 Å². The molecule has 1 amide bonds. The van der Waals surface area contributed by atoms with Gasteiger partial charge in [-0.05, 0) is 48.2 Å². The first-order valence-corrected chi connectivity index (χ1v) is 7.43. The Balaban J connectivity index is 1.68. The van der Waals surface area contributed by atoms with Crippen LogP contribution in [0.4, 0.5) is 0 Å². The number of carbonyl (C=O) groups is 1. The second-order valence-corrected chi connectivity index (χ2v) is 5.05. The molecule has 0 saturated heterocycles. The third-order valence-electron chi connectivity index (χ3n) is 3.37. The van der Waals surface area contributed by atoms with E-state index >= 15 is 0 Å². The summed E-state index contributed by atoms with van der Waals surface area (Å²) in [5.41, 5.74) is 2.31. The van der Waals surface area contributed by atoms with Gasteiger partial charge < -0.3 is 15.2 Å². The van der Waals surface area contributed by atoms with Crippen molar-refractivity contribution in [2.24, 2.45) is 0 Å². The molecule has 4 nitrogen and oxygen atoms in total. The zero-order valence-corrected chi connectivity index (χ0v) is 12.7. The van der Waals surface area contributed by atoms with Gasteiger partial charge in [0.05, 0.1) is 0 Å². The lowest BCUT2D eigenvalue weighted by Gasteiger charge is -2.08. The Hall–Kier alpha value is -2.49. The van der Waals surface area contributed by atoms with Crippen LogP contribution in [0.2, 0.25) is 0 Å². The number of hydrogen-bond acceptors (Lipinski definition) is 3. The fourth-order valence-corrected chi connectivity index (χ4v) is 2.03. The Morgan fingerprint density at radius 2 is 1.68 bits per heavy atom. The lowest BCUT2D eigenvalue weighted by atomic mass is 10.1. The van der Waals surface area contributed by atoms with Crippen LogP contribution in [0.1, 0.15) is 18.1 Å². The number of amides is 1. The minimum absolute atomic E-state index is 0.0149. The van der Waals surface area contributed by atoms with Crippen molar-refractivity contribution in [1.82, 2.24) is 5.32 Å². The average Bonchev–Trinajstić information content (AvgIpc) is 2.55. The summed E-state index contributed by atoms with van der Waals surface area (Å²) in [6.07, 6.45) is 1.70. The normalized spacial score (nSPS) is 10.2. The summed E-state index contributed by atoms with van der Waals surface area (Å²) in [5, 5.41) is 12.0. The Labute approximate surface area is 130 Å². The zero-order chi connectivity index (χ0) is 15.8. The van der Waals surface area contributed by atoms with E-state index in [0.717, 1.165) is 18.4 Å². The smallest absolute Gasteiger partial charge is 0.257 e. The highest BCUT2D eigenvalue weighted by atomic mass is 16.5. The zero-order valence-electron chi connectivity index (χ0n) is 12.7. The number of aryl methyl sites for hydroxylation is 1. The van der Waals surface area contributed by atoms with E-state index < -0.39 is 0 Å². The first-order chi connectivity index (χ1) is 10.7. The van der Waals surface area contributed by atoms with Crippen LogP contribution in [0.5, 0.6) is 11.5 Å². The van der Waals surface area contributed by atoms with E-state index in [9.17, 15) is 9.90 Å². The lowest BCUT2D eigenvalue weighted by Crippen LogP contribution is -2.30. The summed E-state index contributed by atoms with van der Waals surface area (Å²) in [5.74, 6) is 0.805. The highest BCUT2D eigenvalue weighted by molar-refractivity contribution is 5.77. The van der Waals surface area contributed by atoms with Crippen LogP contribution < -0.4 is 10.1 Å². The first kappa shape index (κ1) is 15.9. The molecule has 0 spiro atoms. The van der Waals surface area contributed by atoms with Gasteiger partial charge in [0.25, 0.3) is 5.91 Å². The summed E-state index contributed by atoms with van der Waals surface area (Å²) in [6, 6.07) is 14.7. The van der Waals surface area contributed by atoms with Crippen LogP contribution in [-0.2, 0) is 17.6 Å². The molecule has 116 valence electrons. The van der Waals surface area contributed by atoms with Gasteiger partial charge in [-0.2, -0.15) is 0 Å². The molecule has 0 aliphatic heterocycles. The number of aromatic hydroxyl groups is 1. The number of carbonyl (C=O) groups excluding carboxylic acids is 1. The molecule has 0 bridgehead atoms. The Bertz CT molecular complexity index is 591. The molecule has 2 rings (SSSR count). The molecule has 2 aromatic rings. The van der Waals surface area contributed by atoms with Gasteiger partial charge in [0.2, 0.25) is 0 Å². The summed E-state index contributed by atoms with van der Waals surface area (Å²) in [7, 11) is 0. The van der Waals surface area contributed by atoms with Crippen LogP contribution in [0.25, 0.3) is 0 Å². The molecule has 22 heavy (non-hydrogen) atoms. The molecular weight excluding hydrogens is 278 g/mol. The Morgan fingerprint density at radius 1 is 1.05 bits per heavy atom. The number of rotatable bonds is 7. The standard InChI is InChI=1S/C18H21NO3/c1-2-14-5-9-17(10-6-14)22-13-18(21)19-12-11-15-3-7-16(20)8-4-15/h3-10,20H,2,11-13H2,1H3,(H,19,21). The van der Waals surface area contributed by atoms with Gasteiger partial charge in [0.15, 0.2) is 6.61 Å². The molecule has 0 saturated carbocycles. The summed E-state index contributed by atoms with van der Waals surface area (Å²) >= 11 is 0. The number of ether oxygens (including phenoxy) is 1. The minimum Gasteiger partial charge on any atom is -0.508 e. The van der Waals surface area contributed by atoms with Crippen molar-refractivity contribution in [3.63, 3.8) is 0 Å². The number of phenols is 1. The minimum atomic E-state index is -0.140. The van der Waals surface area contributed by atoms with Gasteiger partial charge in [-0.15, -0.1) is 0 Å². The summed E-state index contributed by atoms with van der Waals surface area (Å²) in [6.45, 7) is 2.65. The molecule has 0 heterocycles. The van der Waals surface area contributed by atoms with E-state index in [1.54, 1.807) is 12.1 Å². The fraction of sp³-hybridized carbons (Fsp3) is 0.278. The third-order valence-corrected chi connectivity index (χ3v) is 3.37. The maximum atomic E-state index is 11.7. The SMILES string of the molecule is CCc1ccc(OCC(=O)NCCc2ccc(O)cc2)cc1. The van der Waals surface area contributed by atoms with Crippen LogP contribution in [0.15, 0.2) is 48.5 Å². The molecule has 0 unspecified atom stereocenters. The van der Waals surface area contributed by atoms with Gasteiger partial charge in [-0.25, -0.2) is 0 Å². The van der Waals surface area contributed by atoms with E-state index in [4.69, 9.17) is 4.74 Å². The van der Waals surface area contributed by atoms with E-state index in [1.165, 1.54) is 5.56 Å². The third kappa shape index (κ3) is 5.13. The number of benzene rings is 2. The molecule has 0 aromatic heterocycles. The van der Waals surface area contributed by atoms with Crippen LogP contribution in [0, 0.1) is 0 Å². The van der Waals surface area contributed by atoms with Crippen LogP contribution >= 0.6 is 0 Å². The highest BCUT2D eigenvalue weighted by Crippen LogP contribution is 2.12. The molecule has 0 atom stereocenters. The van der Waals surface area contributed by atoms with Gasteiger partial charge in [-0.3, -0.25) is 4.79 Å². The van der Waals surface area contributed by atoms with Crippen molar-refractivity contribution in [3.05, 3.63) is 59.7 Å². The van der Waals surface area contributed by atoms with Crippen molar-refractivity contribution in [2.45, 2.75) is 19.8 Å². The van der Waals surface area contributed by atoms with E-state index in [2.05, 4.69) is 12.2 Å². The maximum absolute atomic E-state index is 11.7. The van der Waals surface area contributed by atoms with Crippen molar-refractivity contribution in [2.75, 3.05) is 13.2 Å². The first-order valence-electron chi connectivity index (χ1n) is 7.43. The molecule has 2 aromatic carbocycles. The lowest BCUT2D eigenvalue weighted by molar-refractivity contribution is -0.123. The Morgan fingerprint density at radius 3 is 2.32 bits per heavy atom. The predicted octanol–water partition coefficient (Wildman–Crippen LogP) is 2.69. The summed E-state index contributed by atoms with van der Waals surface area (Å²) < 4.78 is 5.44. The topological polar surface area (TPSA) is 58.6 Å². The second kappa shape index (κ2) is 8.08. The number of phenolic OH excluding ortho intramolecular Hbond substituents is 1. The molecule has 4 heteroatoms. The second-order valence-electron chi connectivity index (χ2n) is 5.05. The molecule has 2 N–H and O–H groups in total. The van der Waals surface area contributed by atoms with Crippen molar-refractivity contribution < 1.29 is 14.6 Å². The van der Waals surface area contributed by atoms with Crippen LogP contribution in [0.3, 0.4) is 0 Å². The summed E-state index contributed by atoms with van der Waals surface area (Å²) in [4.78, 5) is 11.7. The van der Waals surface area contributed by atoms with Gasteiger partial charge in [0, 0.05) is 6.54 Å². The average molecular weight is 299 g/mol. The molecule has 0 aliphatic rings. The van der Waals surface area contributed by atoms with Crippen molar-refractivity contribution >= 4 is 5.91 Å². The van der Waals surface area contributed by atoms with Gasteiger partial charge >= 0.3 is 0 Å². The maximum Gasteiger partial charge on any atom is 0.257 e.